The van der Waals surface area contributed by atoms with Crippen LogP contribution in [-0.2, 0) is 71.4 Å². The van der Waals surface area contributed by atoms with E-state index in [0.717, 1.165) is 77.6 Å². The molecule has 0 aromatic heterocycles. The molecule has 13 unspecified atom stereocenters. The zero-order valence-corrected chi connectivity index (χ0v) is 58.6. The van der Waals surface area contributed by atoms with Gasteiger partial charge in [0.2, 0.25) is 29.5 Å². The molecule has 0 spiro atoms. The number of hydrogen-bond donors (Lipinski definition) is 11. The van der Waals surface area contributed by atoms with Gasteiger partial charge in [-0.25, -0.2) is 4.79 Å². The van der Waals surface area contributed by atoms with Crippen LogP contribution in [0.1, 0.15) is 249 Å². The highest BCUT2D eigenvalue weighted by atomic mass is 16.8. The number of aliphatic hydroxyl groups is 5. The molecule has 0 aromatic rings. The number of carboxylic acid groups (broad SMARTS) is 1. The van der Waals surface area contributed by atoms with Crippen LogP contribution in [0.25, 0.3) is 0 Å². The highest BCUT2D eigenvalue weighted by Gasteiger charge is 2.57. The fraction of sp³-hybridized carbons (Fsp3) is 0.913. The van der Waals surface area contributed by atoms with Crippen molar-refractivity contribution in [2.24, 2.45) is 5.92 Å². The first kappa shape index (κ1) is 81.9. The van der Waals surface area contributed by atoms with Gasteiger partial charge in [-0.2, -0.15) is 0 Å². The SMILES string of the molecule is CCCCCCCO[C@@H]1C(C)O[C@@H](OC2C(O)[C@H](O)C(C(=O)O)O[C@H]2OC2C(NC(C)=O)[C@H](OC3C(NC(C)=O)[C@H](OCCCCCNC(=O)CCCCC(=O)NC(CC)(CCCCC)C4CCCCCCCCCCCC4)OC(C)[C@@H]3O)OC(C)[C@H]2O)C(NC(C)=O)C1O. The second-order valence-corrected chi connectivity index (χ2v) is 27.4. The molecule has 11 N–H and O–H groups in total. The number of unbranched alkanes of at least 4 members (excludes halogenated alkanes) is 9. The van der Waals surface area contributed by atoms with Crippen LogP contribution in [0, 0.1) is 5.92 Å². The number of carbonyl (C=O) groups excluding carboxylic acids is 5. The maximum atomic E-state index is 13.7. The van der Waals surface area contributed by atoms with Gasteiger partial charge in [0, 0.05) is 58.9 Å². The fourth-order valence-corrected chi connectivity index (χ4v) is 14.2. The van der Waals surface area contributed by atoms with Crippen molar-refractivity contribution in [3.63, 3.8) is 0 Å². The van der Waals surface area contributed by atoms with E-state index in [2.05, 4.69) is 47.4 Å². The van der Waals surface area contributed by atoms with Gasteiger partial charge in [0.15, 0.2) is 31.3 Å². The molecule has 21 atom stereocenters. The molecule has 26 nitrogen and oxygen atoms in total. The Labute approximate surface area is 564 Å². The quantitative estimate of drug-likeness (QED) is 0.0326. The molecule has 0 bridgehead atoms. The maximum Gasteiger partial charge on any atom is 0.335 e. The van der Waals surface area contributed by atoms with Crippen molar-refractivity contribution in [1.29, 1.82) is 0 Å². The summed E-state index contributed by atoms with van der Waals surface area (Å²) in [6.45, 7) is 15.6. The molecule has 0 radical (unpaired) electrons. The minimum atomic E-state index is -2.15. The first-order valence-electron chi connectivity index (χ1n) is 36.3. The van der Waals surface area contributed by atoms with Crippen LogP contribution in [0.15, 0.2) is 0 Å². The van der Waals surface area contributed by atoms with Crippen LogP contribution in [0.2, 0.25) is 0 Å². The number of rotatable bonds is 36. The average Bonchev–Trinajstić information content (AvgIpc) is 0.781. The lowest BCUT2D eigenvalue weighted by Gasteiger charge is -2.50. The lowest BCUT2D eigenvalue weighted by molar-refractivity contribution is -0.373. The van der Waals surface area contributed by atoms with Crippen LogP contribution in [0.5, 0.6) is 0 Å². The minimum Gasteiger partial charge on any atom is -0.479 e. The Morgan fingerprint density at radius 1 is 0.453 bits per heavy atom. The normalized spacial score (nSPS) is 33.7. The van der Waals surface area contributed by atoms with Crippen molar-refractivity contribution in [3.05, 3.63) is 0 Å². The molecule has 5 fully saturated rings. The second-order valence-electron chi connectivity index (χ2n) is 27.4. The molecule has 5 aliphatic rings. The summed E-state index contributed by atoms with van der Waals surface area (Å²) in [7, 11) is 0. The lowest BCUT2D eigenvalue weighted by Crippen LogP contribution is -2.71. The summed E-state index contributed by atoms with van der Waals surface area (Å²) in [5, 5.41) is 83.0. The van der Waals surface area contributed by atoms with E-state index in [1.807, 2.05) is 0 Å². The van der Waals surface area contributed by atoms with Crippen LogP contribution >= 0.6 is 0 Å². The molecule has 95 heavy (non-hydrogen) atoms. The van der Waals surface area contributed by atoms with Gasteiger partial charge in [0.25, 0.3) is 0 Å². The number of aliphatic hydroxyl groups excluding tert-OH is 5. The molecule has 1 aliphatic carbocycles. The Morgan fingerprint density at radius 2 is 0.916 bits per heavy atom. The Hall–Kier alpha value is -3.74. The highest BCUT2D eigenvalue weighted by molar-refractivity contribution is 5.78. The van der Waals surface area contributed by atoms with Gasteiger partial charge in [0.05, 0.1) is 18.3 Å². The number of aliphatic carboxylic acids is 1. The van der Waals surface area contributed by atoms with Crippen LogP contribution in [0.3, 0.4) is 0 Å². The first-order valence-corrected chi connectivity index (χ1v) is 36.3. The molecule has 4 saturated heterocycles. The van der Waals surface area contributed by atoms with E-state index in [1.54, 1.807) is 13.8 Å². The molecule has 5 rings (SSSR count). The number of nitrogens with one attached hydrogen (secondary N) is 5. The summed E-state index contributed by atoms with van der Waals surface area (Å²) < 4.78 is 55.8. The monoisotopic (exact) mass is 1360 g/mol. The van der Waals surface area contributed by atoms with Gasteiger partial charge in [-0.1, -0.05) is 130 Å². The van der Waals surface area contributed by atoms with E-state index < -0.39 is 146 Å². The topological polar surface area (TPSA) is 367 Å². The Morgan fingerprint density at radius 3 is 1.47 bits per heavy atom. The number of hydrogen-bond acceptors (Lipinski definition) is 20. The van der Waals surface area contributed by atoms with Gasteiger partial charge < -0.3 is 99.9 Å². The van der Waals surface area contributed by atoms with Gasteiger partial charge in [0.1, 0.15) is 73.1 Å². The van der Waals surface area contributed by atoms with Gasteiger partial charge in [-0.15, -0.1) is 0 Å². The summed E-state index contributed by atoms with van der Waals surface area (Å²) in [6.07, 6.45) is 2.45. The molecule has 4 aliphatic heterocycles. The van der Waals surface area contributed by atoms with E-state index in [9.17, 15) is 59.4 Å². The predicted octanol–water partition coefficient (Wildman–Crippen LogP) is 5.88. The standard InChI is InChI=1S/C69H123N5O21/c1-10-13-15-24-32-40-87-59-44(6)91-66(51(56(59)82)71-45(7)75)95-63-58(84)57(83)62(64(85)86)94-68(63)93-61-53(73-47(9)77)67(90-43(5)55(61)81)92-60-52(72-46(8)76)65(89-42(4)54(60)80)88-41-33-25-31-39-70-49(78)36-28-29-37-50(79)74-69(12-3,38-30-14-11-2)48-34-26-22-20-18-16-17-19-21-23-27-35-48/h42-44,48,51-63,65-68,80-84H,10-41H2,1-9H3,(H,70,78)(H,71,75)(H,72,76)(H,73,77)(H,74,79)(H,85,86)/t42?,43?,44?,51?,52?,53?,54-,55+,56?,57-,58?,59+,60?,61?,62?,63?,65+,66-,67-,68+,69?/m0/s1. The van der Waals surface area contributed by atoms with Crippen LogP contribution in [0.4, 0.5) is 0 Å². The molecular formula is C69H123N5O21. The third kappa shape index (κ3) is 26.1. The maximum absolute atomic E-state index is 13.7. The van der Waals surface area contributed by atoms with Crippen molar-refractivity contribution in [2.45, 2.75) is 377 Å². The van der Waals surface area contributed by atoms with Gasteiger partial charge in [-0.3, -0.25) is 24.0 Å². The number of amides is 5. The van der Waals surface area contributed by atoms with E-state index in [-0.39, 0.29) is 30.6 Å². The Kier molecular flexibility index (Phi) is 37.1. The summed E-state index contributed by atoms with van der Waals surface area (Å²) in [5.74, 6) is -3.08. The summed E-state index contributed by atoms with van der Waals surface area (Å²) in [6, 6.07) is -4.10. The van der Waals surface area contributed by atoms with E-state index in [1.165, 1.54) is 85.0 Å². The summed E-state index contributed by atoms with van der Waals surface area (Å²) in [4.78, 5) is 77.8. The zero-order valence-electron chi connectivity index (χ0n) is 58.6. The minimum absolute atomic E-state index is 0.0825. The van der Waals surface area contributed by atoms with Gasteiger partial charge >= 0.3 is 5.97 Å². The third-order valence-corrected chi connectivity index (χ3v) is 19.6. The fourth-order valence-electron chi connectivity index (χ4n) is 14.2. The lowest BCUT2D eigenvalue weighted by atomic mass is 9.72. The first-order chi connectivity index (χ1) is 45.5. The van der Waals surface area contributed by atoms with Gasteiger partial charge in [-0.05, 0) is 90.9 Å². The van der Waals surface area contributed by atoms with Crippen molar-refractivity contribution in [2.75, 3.05) is 19.8 Å². The Balaban J connectivity index is 1.19. The molecule has 5 amide bonds. The smallest absolute Gasteiger partial charge is 0.335 e. The molecule has 0 aromatic carbocycles. The number of ether oxygens (including phenoxy) is 9. The second kappa shape index (κ2) is 43.0. The van der Waals surface area contributed by atoms with Crippen molar-refractivity contribution < 1.29 is 102 Å². The van der Waals surface area contributed by atoms with E-state index in [0.29, 0.717) is 63.8 Å². The number of carboxylic acids is 1. The molecule has 550 valence electrons. The van der Waals surface area contributed by atoms with E-state index in [4.69, 9.17) is 42.6 Å². The van der Waals surface area contributed by atoms with Crippen LogP contribution < -0.4 is 26.6 Å². The zero-order chi connectivity index (χ0) is 69.6. The molecule has 4 heterocycles. The Bertz CT molecular complexity index is 2250. The third-order valence-electron chi connectivity index (χ3n) is 19.6. The van der Waals surface area contributed by atoms with Crippen LogP contribution in [-0.4, -0.2) is 214 Å². The highest BCUT2D eigenvalue weighted by Crippen LogP contribution is 2.39. The number of carbonyl (C=O) groups is 6. The molecule has 26 heteroatoms. The molecule has 1 saturated carbocycles. The average molecular weight is 1360 g/mol. The predicted molar refractivity (Wildman–Crippen MR) is 351 cm³/mol. The van der Waals surface area contributed by atoms with Crippen molar-refractivity contribution >= 4 is 35.5 Å². The summed E-state index contributed by atoms with van der Waals surface area (Å²) in [5.41, 5.74) is -0.202. The largest absolute Gasteiger partial charge is 0.479 e. The van der Waals surface area contributed by atoms with E-state index >= 15 is 0 Å². The van der Waals surface area contributed by atoms with Crippen molar-refractivity contribution in [3.8, 4) is 0 Å². The molecular weight excluding hydrogens is 1230 g/mol. The summed E-state index contributed by atoms with van der Waals surface area (Å²) >= 11 is 0. The van der Waals surface area contributed by atoms with Crippen molar-refractivity contribution in [1.82, 2.24) is 26.6 Å².